The van der Waals surface area contributed by atoms with Gasteiger partial charge >= 0.3 is 0 Å². The van der Waals surface area contributed by atoms with E-state index in [-0.39, 0.29) is 11.7 Å². The van der Waals surface area contributed by atoms with Crippen LogP contribution in [0.5, 0.6) is 5.75 Å². The van der Waals surface area contributed by atoms with Gasteiger partial charge in [-0.15, -0.1) is 0 Å². The van der Waals surface area contributed by atoms with E-state index < -0.39 is 6.10 Å². The number of amides is 1. The van der Waals surface area contributed by atoms with Crippen LogP contribution in [0.2, 0.25) is 0 Å². The van der Waals surface area contributed by atoms with Crippen LogP contribution in [-0.4, -0.2) is 21.6 Å². The fourth-order valence-corrected chi connectivity index (χ4v) is 2.50. The smallest absolute Gasteiger partial charge is 0.261 e. The molecule has 1 N–H and O–H groups in total. The van der Waals surface area contributed by atoms with Gasteiger partial charge < -0.3 is 14.6 Å². The van der Waals surface area contributed by atoms with E-state index in [1.54, 1.807) is 12.5 Å². The van der Waals surface area contributed by atoms with Gasteiger partial charge in [0.2, 0.25) is 0 Å². The van der Waals surface area contributed by atoms with Crippen molar-refractivity contribution in [1.29, 1.82) is 0 Å². The van der Waals surface area contributed by atoms with E-state index in [1.165, 1.54) is 24.3 Å². The van der Waals surface area contributed by atoms with E-state index >= 15 is 0 Å². The molecule has 0 radical (unpaired) electrons. The number of halogens is 1. The zero-order valence-electron chi connectivity index (χ0n) is 14.4. The van der Waals surface area contributed by atoms with E-state index in [0.717, 1.165) is 11.3 Å². The largest absolute Gasteiger partial charge is 0.481 e. The average molecular weight is 353 g/mol. The van der Waals surface area contributed by atoms with Gasteiger partial charge in [-0.3, -0.25) is 4.79 Å². The highest BCUT2D eigenvalue weighted by molar-refractivity contribution is 5.81. The van der Waals surface area contributed by atoms with Crippen molar-refractivity contribution in [3.63, 3.8) is 0 Å². The quantitative estimate of drug-likeness (QED) is 0.707. The molecule has 1 heterocycles. The molecule has 3 aromatic rings. The van der Waals surface area contributed by atoms with Crippen LogP contribution < -0.4 is 10.1 Å². The summed E-state index contributed by atoms with van der Waals surface area (Å²) in [6, 6.07) is 13.5. The maximum absolute atomic E-state index is 13.0. The van der Waals surface area contributed by atoms with Gasteiger partial charge in [0.1, 0.15) is 11.6 Å². The fourth-order valence-electron chi connectivity index (χ4n) is 2.50. The molecule has 0 aliphatic carbocycles. The summed E-state index contributed by atoms with van der Waals surface area (Å²) in [7, 11) is 0. The van der Waals surface area contributed by atoms with Crippen molar-refractivity contribution in [1.82, 2.24) is 14.9 Å². The molecule has 6 heteroatoms. The van der Waals surface area contributed by atoms with Crippen LogP contribution >= 0.6 is 0 Å². The van der Waals surface area contributed by atoms with Crippen molar-refractivity contribution in [3.8, 4) is 11.4 Å². The molecule has 134 valence electrons. The van der Waals surface area contributed by atoms with Crippen LogP contribution in [-0.2, 0) is 11.3 Å². The fraction of sp³-hybridized carbons (Fsp3) is 0.200. The van der Waals surface area contributed by atoms with Crippen molar-refractivity contribution in [2.45, 2.75) is 26.0 Å². The number of benzene rings is 2. The lowest BCUT2D eigenvalue weighted by molar-refractivity contribution is -0.128. The number of hydrogen-bond acceptors (Lipinski definition) is 3. The Bertz CT molecular complexity index is 831. The lowest BCUT2D eigenvalue weighted by Gasteiger charge is -2.17. The number of rotatable bonds is 7. The van der Waals surface area contributed by atoms with Gasteiger partial charge in [-0.2, -0.15) is 0 Å². The van der Waals surface area contributed by atoms with Gasteiger partial charge in [-0.05, 0) is 48.4 Å². The molecule has 0 bridgehead atoms. The maximum atomic E-state index is 13.0. The van der Waals surface area contributed by atoms with Gasteiger partial charge in [0.25, 0.3) is 5.91 Å². The molecule has 0 unspecified atom stereocenters. The van der Waals surface area contributed by atoms with E-state index in [9.17, 15) is 9.18 Å². The number of carbonyl (C=O) groups excluding carboxylic acids is 1. The Kier molecular flexibility index (Phi) is 5.63. The molecule has 1 atom stereocenters. The van der Waals surface area contributed by atoms with Crippen molar-refractivity contribution in [2.24, 2.45) is 0 Å². The Hall–Kier alpha value is -3.15. The predicted octanol–water partition coefficient (Wildman–Crippen LogP) is 3.49. The third kappa shape index (κ3) is 4.47. The first-order chi connectivity index (χ1) is 12.7. The van der Waals surface area contributed by atoms with E-state index in [4.69, 9.17) is 4.74 Å². The van der Waals surface area contributed by atoms with Gasteiger partial charge in [0.05, 0.1) is 6.33 Å². The van der Waals surface area contributed by atoms with Gasteiger partial charge in [-0.25, -0.2) is 9.37 Å². The molecule has 1 aromatic heterocycles. The standard InChI is InChI=1S/C20H20FN3O2/c1-2-19(26-18-9-5-16(21)6-10-18)20(25)23-13-15-3-7-17(8-4-15)24-12-11-22-14-24/h3-12,14,19H,2,13H2,1H3,(H,23,25)/t19-/m1/s1. The zero-order chi connectivity index (χ0) is 18.4. The second kappa shape index (κ2) is 8.29. The molecule has 0 saturated carbocycles. The number of hydrogen-bond donors (Lipinski definition) is 1. The molecular weight excluding hydrogens is 333 g/mol. The average Bonchev–Trinajstić information content (AvgIpc) is 3.21. The van der Waals surface area contributed by atoms with Crippen LogP contribution in [0.4, 0.5) is 4.39 Å². The summed E-state index contributed by atoms with van der Waals surface area (Å²) >= 11 is 0. The molecule has 26 heavy (non-hydrogen) atoms. The Balaban J connectivity index is 1.55. The second-order valence-electron chi connectivity index (χ2n) is 5.82. The summed E-state index contributed by atoms with van der Waals surface area (Å²) in [4.78, 5) is 16.4. The molecular formula is C20H20FN3O2. The van der Waals surface area contributed by atoms with Crippen molar-refractivity contribution >= 4 is 5.91 Å². The summed E-state index contributed by atoms with van der Waals surface area (Å²) in [6.07, 6.45) is 5.22. The number of ether oxygens (including phenoxy) is 1. The van der Waals surface area contributed by atoms with E-state index in [2.05, 4.69) is 10.3 Å². The number of imidazole rings is 1. The van der Waals surface area contributed by atoms with Crippen LogP contribution in [0, 0.1) is 5.82 Å². The Morgan fingerprint density at radius 1 is 1.19 bits per heavy atom. The van der Waals surface area contributed by atoms with Gasteiger partial charge in [0, 0.05) is 24.6 Å². The molecule has 0 aliphatic rings. The van der Waals surface area contributed by atoms with Crippen molar-refractivity contribution in [3.05, 3.63) is 78.6 Å². The van der Waals surface area contributed by atoms with Gasteiger partial charge in [-0.1, -0.05) is 19.1 Å². The topological polar surface area (TPSA) is 56.1 Å². The molecule has 3 rings (SSSR count). The van der Waals surface area contributed by atoms with Crippen molar-refractivity contribution in [2.75, 3.05) is 0 Å². The van der Waals surface area contributed by atoms with Gasteiger partial charge in [0.15, 0.2) is 6.10 Å². The number of carbonyl (C=O) groups is 1. The molecule has 1 amide bonds. The Morgan fingerprint density at radius 3 is 2.54 bits per heavy atom. The molecule has 5 nitrogen and oxygen atoms in total. The Labute approximate surface area is 151 Å². The highest BCUT2D eigenvalue weighted by Crippen LogP contribution is 2.15. The molecule has 0 saturated heterocycles. The number of nitrogens with zero attached hydrogens (tertiary/aromatic N) is 2. The first-order valence-electron chi connectivity index (χ1n) is 8.43. The van der Waals surface area contributed by atoms with E-state index in [1.807, 2.05) is 42.0 Å². The highest BCUT2D eigenvalue weighted by atomic mass is 19.1. The second-order valence-corrected chi connectivity index (χ2v) is 5.82. The number of aromatic nitrogens is 2. The summed E-state index contributed by atoms with van der Waals surface area (Å²) in [5, 5.41) is 2.88. The predicted molar refractivity (Wildman–Crippen MR) is 96.5 cm³/mol. The summed E-state index contributed by atoms with van der Waals surface area (Å²) in [5.74, 6) is -0.0671. The van der Waals surface area contributed by atoms with Crippen LogP contribution in [0.1, 0.15) is 18.9 Å². The minimum atomic E-state index is -0.620. The van der Waals surface area contributed by atoms with Crippen molar-refractivity contribution < 1.29 is 13.9 Å². The molecule has 0 fully saturated rings. The van der Waals surface area contributed by atoms with Crippen LogP contribution in [0.15, 0.2) is 67.3 Å². The normalized spacial score (nSPS) is 11.8. The van der Waals surface area contributed by atoms with E-state index in [0.29, 0.717) is 18.7 Å². The third-order valence-corrected chi connectivity index (χ3v) is 3.96. The van der Waals surface area contributed by atoms with Crippen LogP contribution in [0.25, 0.3) is 5.69 Å². The molecule has 0 spiro atoms. The monoisotopic (exact) mass is 353 g/mol. The number of nitrogens with one attached hydrogen (secondary N) is 1. The van der Waals surface area contributed by atoms with Crippen LogP contribution in [0.3, 0.4) is 0 Å². The summed E-state index contributed by atoms with van der Waals surface area (Å²) in [6.45, 7) is 2.28. The first kappa shape index (κ1) is 17.7. The molecule has 2 aromatic carbocycles. The summed E-state index contributed by atoms with van der Waals surface area (Å²) < 4.78 is 20.5. The molecule has 0 aliphatic heterocycles. The lowest BCUT2D eigenvalue weighted by Crippen LogP contribution is -2.37. The minimum absolute atomic E-state index is 0.199. The SMILES string of the molecule is CC[C@@H](Oc1ccc(F)cc1)C(=O)NCc1ccc(-n2ccnc2)cc1. The zero-order valence-corrected chi connectivity index (χ0v) is 14.4. The highest BCUT2D eigenvalue weighted by Gasteiger charge is 2.18. The third-order valence-electron chi connectivity index (χ3n) is 3.96. The Morgan fingerprint density at radius 2 is 1.92 bits per heavy atom. The maximum Gasteiger partial charge on any atom is 0.261 e. The lowest BCUT2D eigenvalue weighted by atomic mass is 10.2. The summed E-state index contributed by atoms with van der Waals surface area (Å²) in [5.41, 5.74) is 1.99. The minimum Gasteiger partial charge on any atom is -0.481 e. The first-order valence-corrected chi connectivity index (χ1v) is 8.43.